The van der Waals surface area contributed by atoms with Crippen LogP contribution in [0.25, 0.3) is 0 Å². The van der Waals surface area contributed by atoms with Gasteiger partial charge in [-0.15, -0.1) is 0 Å². The smallest absolute Gasteiger partial charge is 0.248 e. The highest BCUT2D eigenvalue weighted by molar-refractivity contribution is 5.77. The quantitative estimate of drug-likeness (QED) is 0.785. The Morgan fingerprint density at radius 3 is 2.85 bits per heavy atom. The van der Waals surface area contributed by atoms with Gasteiger partial charge >= 0.3 is 0 Å². The van der Waals surface area contributed by atoms with Gasteiger partial charge in [0.2, 0.25) is 5.91 Å². The van der Waals surface area contributed by atoms with E-state index in [1.807, 2.05) is 23.6 Å². The summed E-state index contributed by atoms with van der Waals surface area (Å²) in [5.74, 6) is 0.143. The Balaban J connectivity index is 1.24. The number of nitrogens with zero attached hydrogens (tertiary/aromatic N) is 4. The van der Waals surface area contributed by atoms with Crippen LogP contribution >= 0.6 is 0 Å². The maximum Gasteiger partial charge on any atom is 0.248 e. The second-order valence-electron chi connectivity index (χ2n) is 8.09. The van der Waals surface area contributed by atoms with Gasteiger partial charge < -0.3 is 14.4 Å². The monoisotopic (exact) mass is 362 g/mol. The standard InChI is InChI=1S/C19H30N4O3/c1-15-9-16(21(2)20-15)11-22-13-19(14-22)10-17(5-8-26-19)25-12-18(24)23-6-3-4-7-23/h9,17H,3-8,10-14H2,1-2H3. The average molecular weight is 362 g/mol. The summed E-state index contributed by atoms with van der Waals surface area (Å²) in [5.41, 5.74) is 2.20. The molecule has 0 N–H and O–H groups in total. The molecule has 26 heavy (non-hydrogen) atoms. The average Bonchev–Trinajstić information content (AvgIpc) is 3.22. The van der Waals surface area contributed by atoms with Crippen LogP contribution in [0.15, 0.2) is 6.07 Å². The van der Waals surface area contributed by atoms with Crippen molar-refractivity contribution >= 4 is 5.91 Å². The molecule has 144 valence electrons. The number of amides is 1. The summed E-state index contributed by atoms with van der Waals surface area (Å²) < 4.78 is 14.0. The zero-order chi connectivity index (χ0) is 18.1. The third-order valence-electron chi connectivity index (χ3n) is 5.86. The van der Waals surface area contributed by atoms with Gasteiger partial charge in [-0.3, -0.25) is 14.4 Å². The number of hydrogen-bond donors (Lipinski definition) is 0. The number of ether oxygens (including phenoxy) is 2. The van der Waals surface area contributed by atoms with Crippen LogP contribution in [0, 0.1) is 6.92 Å². The summed E-state index contributed by atoms with van der Waals surface area (Å²) in [5, 5.41) is 4.41. The highest BCUT2D eigenvalue weighted by atomic mass is 16.5. The molecule has 7 heteroatoms. The van der Waals surface area contributed by atoms with Crippen LogP contribution in [0.5, 0.6) is 0 Å². The van der Waals surface area contributed by atoms with E-state index < -0.39 is 0 Å². The molecule has 3 saturated heterocycles. The van der Waals surface area contributed by atoms with Crippen molar-refractivity contribution in [3.63, 3.8) is 0 Å². The van der Waals surface area contributed by atoms with Gasteiger partial charge in [-0.1, -0.05) is 0 Å². The maximum absolute atomic E-state index is 12.2. The van der Waals surface area contributed by atoms with Gasteiger partial charge in [0.1, 0.15) is 6.61 Å². The van der Waals surface area contributed by atoms with Gasteiger partial charge in [0.15, 0.2) is 0 Å². The summed E-state index contributed by atoms with van der Waals surface area (Å²) in [7, 11) is 2.00. The molecule has 1 amide bonds. The molecule has 4 heterocycles. The molecule has 1 unspecified atom stereocenters. The molecule has 3 aliphatic heterocycles. The highest BCUT2D eigenvalue weighted by Gasteiger charge is 2.47. The third kappa shape index (κ3) is 3.80. The molecule has 3 fully saturated rings. The van der Waals surface area contributed by atoms with E-state index in [2.05, 4.69) is 16.1 Å². The SMILES string of the molecule is Cc1cc(CN2CC3(CC(OCC(=O)N4CCCC4)CCO3)C2)n(C)n1. The summed E-state index contributed by atoms with van der Waals surface area (Å²) in [6.45, 7) is 7.51. The summed E-state index contributed by atoms with van der Waals surface area (Å²) in [4.78, 5) is 16.5. The van der Waals surface area contributed by atoms with E-state index in [0.717, 1.165) is 70.7 Å². The molecule has 1 atom stereocenters. The van der Waals surface area contributed by atoms with E-state index in [1.54, 1.807) is 0 Å². The first-order valence-corrected chi connectivity index (χ1v) is 9.78. The predicted octanol–water partition coefficient (Wildman–Crippen LogP) is 1.10. The molecule has 1 aromatic rings. The van der Waals surface area contributed by atoms with Crippen LogP contribution in [0.4, 0.5) is 0 Å². The number of carbonyl (C=O) groups excluding carboxylic acids is 1. The number of likely N-dealkylation sites (tertiary alicyclic amines) is 2. The minimum atomic E-state index is -0.0900. The van der Waals surface area contributed by atoms with Gasteiger partial charge in [0, 0.05) is 52.8 Å². The van der Waals surface area contributed by atoms with Gasteiger partial charge in [-0.05, 0) is 32.3 Å². The molecular formula is C19H30N4O3. The van der Waals surface area contributed by atoms with Crippen LogP contribution in [0.3, 0.4) is 0 Å². The largest absolute Gasteiger partial charge is 0.372 e. The number of rotatable bonds is 5. The van der Waals surface area contributed by atoms with Gasteiger partial charge in [-0.2, -0.15) is 5.10 Å². The van der Waals surface area contributed by atoms with Gasteiger partial charge in [-0.25, -0.2) is 0 Å². The lowest BCUT2D eigenvalue weighted by atomic mass is 9.84. The van der Waals surface area contributed by atoms with E-state index in [-0.39, 0.29) is 24.2 Å². The second-order valence-corrected chi connectivity index (χ2v) is 8.09. The second kappa shape index (κ2) is 7.29. The normalized spacial score (nSPS) is 25.6. The van der Waals surface area contributed by atoms with Crippen molar-refractivity contribution in [1.29, 1.82) is 0 Å². The molecule has 0 radical (unpaired) electrons. The van der Waals surface area contributed by atoms with Crippen molar-refractivity contribution in [2.75, 3.05) is 39.4 Å². The molecular weight excluding hydrogens is 332 g/mol. The van der Waals surface area contributed by atoms with Crippen molar-refractivity contribution < 1.29 is 14.3 Å². The molecule has 0 bridgehead atoms. The Hall–Kier alpha value is -1.44. The summed E-state index contributed by atoms with van der Waals surface area (Å²) >= 11 is 0. The fourth-order valence-corrected chi connectivity index (χ4v) is 4.51. The Kier molecular flexibility index (Phi) is 5.03. The number of aryl methyl sites for hydroxylation is 2. The highest BCUT2D eigenvalue weighted by Crippen LogP contribution is 2.36. The molecule has 7 nitrogen and oxygen atoms in total. The van der Waals surface area contributed by atoms with Gasteiger partial charge in [0.05, 0.1) is 23.1 Å². The molecule has 3 aliphatic rings. The fourth-order valence-electron chi connectivity index (χ4n) is 4.51. The summed E-state index contributed by atoms with van der Waals surface area (Å²) in [6.07, 6.45) is 4.16. The molecule has 0 saturated carbocycles. The lowest BCUT2D eigenvalue weighted by molar-refractivity contribution is -0.200. The van der Waals surface area contributed by atoms with Crippen molar-refractivity contribution in [3.05, 3.63) is 17.5 Å². The van der Waals surface area contributed by atoms with Gasteiger partial charge in [0.25, 0.3) is 0 Å². The topological polar surface area (TPSA) is 59.8 Å². The van der Waals surface area contributed by atoms with Crippen LogP contribution in [-0.4, -0.2) is 76.6 Å². The minimum absolute atomic E-state index is 0.0900. The summed E-state index contributed by atoms with van der Waals surface area (Å²) in [6, 6.07) is 2.14. The predicted molar refractivity (Wildman–Crippen MR) is 96.7 cm³/mol. The fraction of sp³-hybridized carbons (Fsp3) is 0.789. The number of hydrogen-bond acceptors (Lipinski definition) is 5. The first kappa shape index (κ1) is 17.9. The zero-order valence-electron chi connectivity index (χ0n) is 15.9. The third-order valence-corrected chi connectivity index (χ3v) is 5.86. The van der Waals surface area contributed by atoms with E-state index in [0.29, 0.717) is 0 Å². The molecule has 4 rings (SSSR count). The van der Waals surface area contributed by atoms with Crippen molar-refractivity contribution in [2.24, 2.45) is 7.05 Å². The van der Waals surface area contributed by atoms with E-state index in [4.69, 9.17) is 9.47 Å². The van der Waals surface area contributed by atoms with Crippen molar-refractivity contribution in [1.82, 2.24) is 19.6 Å². The Morgan fingerprint density at radius 1 is 1.38 bits per heavy atom. The number of carbonyl (C=O) groups is 1. The van der Waals surface area contributed by atoms with Crippen LogP contribution < -0.4 is 0 Å². The molecule has 0 aromatic carbocycles. The van der Waals surface area contributed by atoms with Crippen LogP contribution in [-0.2, 0) is 27.9 Å². The zero-order valence-corrected chi connectivity index (χ0v) is 15.9. The van der Waals surface area contributed by atoms with Crippen molar-refractivity contribution in [3.8, 4) is 0 Å². The minimum Gasteiger partial charge on any atom is -0.372 e. The lowest BCUT2D eigenvalue weighted by Crippen LogP contribution is -2.65. The van der Waals surface area contributed by atoms with E-state index in [1.165, 1.54) is 5.69 Å². The van der Waals surface area contributed by atoms with Crippen LogP contribution in [0.2, 0.25) is 0 Å². The first-order valence-electron chi connectivity index (χ1n) is 9.78. The maximum atomic E-state index is 12.2. The van der Waals surface area contributed by atoms with E-state index >= 15 is 0 Å². The Morgan fingerprint density at radius 2 is 2.15 bits per heavy atom. The molecule has 1 spiro atoms. The first-order chi connectivity index (χ1) is 12.5. The Labute approximate surface area is 155 Å². The number of aromatic nitrogens is 2. The lowest BCUT2D eigenvalue weighted by Gasteiger charge is -2.53. The van der Waals surface area contributed by atoms with Crippen molar-refractivity contribution in [2.45, 2.75) is 50.9 Å². The Bertz CT molecular complexity index is 647. The molecule has 0 aliphatic carbocycles. The molecule has 1 aromatic heterocycles. The van der Waals surface area contributed by atoms with Crippen LogP contribution in [0.1, 0.15) is 37.1 Å². The van der Waals surface area contributed by atoms with E-state index in [9.17, 15) is 4.79 Å².